The number of pyridine rings is 1. The summed E-state index contributed by atoms with van der Waals surface area (Å²) >= 11 is 0. The van der Waals surface area contributed by atoms with Crippen LogP contribution in [0.3, 0.4) is 0 Å². The van der Waals surface area contributed by atoms with Crippen LogP contribution in [0.15, 0.2) is 36.5 Å². The van der Waals surface area contributed by atoms with Crippen molar-refractivity contribution in [2.24, 2.45) is 5.92 Å². The Morgan fingerprint density at radius 2 is 1.83 bits per heavy atom. The monoisotopic (exact) mass is 341 g/mol. The Hall–Kier alpha value is -1.48. The quantitative estimate of drug-likeness (QED) is 0.664. The van der Waals surface area contributed by atoms with Crippen LogP contribution in [0.5, 0.6) is 0 Å². The fraction of sp³-hybridized carbons (Fsp3) is 0.476. The van der Waals surface area contributed by atoms with Gasteiger partial charge in [0.1, 0.15) is 5.82 Å². The van der Waals surface area contributed by atoms with Gasteiger partial charge in [-0.05, 0) is 41.3 Å². The Bertz CT molecular complexity index is 699. The molecule has 0 bridgehead atoms. The van der Waals surface area contributed by atoms with E-state index in [1.807, 2.05) is 6.07 Å². The largest absolute Gasteiger partial charge is 0.256 e. The summed E-state index contributed by atoms with van der Waals surface area (Å²) in [6, 6.07) is 9.02. The van der Waals surface area contributed by atoms with Crippen LogP contribution in [0, 0.1) is 11.7 Å². The second-order valence-corrected chi connectivity index (χ2v) is 13.2. The van der Waals surface area contributed by atoms with E-state index in [1.165, 1.54) is 48.9 Å². The van der Waals surface area contributed by atoms with Crippen molar-refractivity contribution in [3.8, 4) is 11.3 Å². The lowest BCUT2D eigenvalue weighted by Crippen LogP contribution is -2.41. The normalized spacial score (nSPS) is 16.3. The van der Waals surface area contributed by atoms with Gasteiger partial charge in [-0.15, -0.1) is 0 Å². The zero-order valence-electron chi connectivity index (χ0n) is 15.1. The summed E-state index contributed by atoms with van der Waals surface area (Å²) < 4.78 is 13.6. The van der Waals surface area contributed by atoms with Crippen molar-refractivity contribution in [2.45, 2.75) is 58.2 Å². The van der Waals surface area contributed by atoms with Crippen LogP contribution in [0.4, 0.5) is 4.39 Å². The van der Waals surface area contributed by atoms with Crippen LogP contribution in [-0.4, -0.2) is 13.1 Å². The van der Waals surface area contributed by atoms with Crippen LogP contribution >= 0.6 is 0 Å². The third-order valence-corrected chi connectivity index (χ3v) is 7.22. The van der Waals surface area contributed by atoms with Gasteiger partial charge in [-0.25, -0.2) is 4.39 Å². The molecule has 3 rings (SSSR count). The van der Waals surface area contributed by atoms with E-state index < -0.39 is 8.07 Å². The van der Waals surface area contributed by atoms with Crippen LogP contribution in [-0.2, 0) is 6.42 Å². The summed E-state index contributed by atoms with van der Waals surface area (Å²) in [4.78, 5) is 4.68. The first-order valence-electron chi connectivity index (χ1n) is 9.19. The highest BCUT2D eigenvalue weighted by atomic mass is 28.3. The molecular formula is C21H28FNSi. The van der Waals surface area contributed by atoms with Gasteiger partial charge >= 0.3 is 0 Å². The molecule has 0 saturated heterocycles. The number of halogens is 1. The third-order valence-electron chi connectivity index (χ3n) is 5.15. The van der Waals surface area contributed by atoms with Crippen LogP contribution in [0.2, 0.25) is 19.6 Å². The van der Waals surface area contributed by atoms with E-state index in [2.05, 4.69) is 36.9 Å². The molecule has 3 heteroatoms. The van der Waals surface area contributed by atoms with E-state index in [1.54, 1.807) is 12.1 Å². The summed E-state index contributed by atoms with van der Waals surface area (Å²) in [6.45, 7) is 7.16. The minimum absolute atomic E-state index is 0.197. The number of hydrogen-bond acceptors (Lipinski definition) is 1. The first kappa shape index (κ1) is 17.3. The zero-order chi connectivity index (χ0) is 17.2. The Morgan fingerprint density at radius 3 is 2.50 bits per heavy atom. The number of aromatic nitrogens is 1. The molecule has 0 N–H and O–H groups in total. The first-order chi connectivity index (χ1) is 11.4. The number of benzene rings is 1. The second-order valence-electron chi connectivity index (χ2n) is 8.20. The van der Waals surface area contributed by atoms with Crippen molar-refractivity contribution in [3.63, 3.8) is 0 Å². The molecule has 1 aliphatic rings. The van der Waals surface area contributed by atoms with Gasteiger partial charge in [0, 0.05) is 11.8 Å². The molecule has 0 radical (unpaired) electrons. The molecule has 0 unspecified atom stereocenters. The smallest absolute Gasteiger partial charge is 0.123 e. The van der Waals surface area contributed by atoms with Crippen molar-refractivity contribution in [1.82, 2.24) is 4.98 Å². The van der Waals surface area contributed by atoms with E-state index >= 15 is 0 Å². The lowest BCUT2D eigenvalue weighted by molar-refractivity contribution is 0.357. The molecule has 0 atom stereocenters. The molecule has 0 aliphatic heterocycles. The number of hydrogen-bond donors (Lipinski definition) is 0. The van der Waals surface area contributed by atoms with E-state index in [-0.39, 0.29) is 5.82 Å². The van der Waals surface area contributed by atoms with E-state index in [0.29, 0.717) is 0 Å². The highest BCUT2D eigenvalue weighted by Crippen LogP contribution is 2.28. The lowest BCUT2D eigenvalue weighted by Gasteiger charge is -2.26. The number of rotatable bonds is 4. The molecular weight excluding hydrogens is 313 g/mol. The topological polar surface area (TPSA) is 12.9 Å². The molecule has 1 aromatic heterocycles. The predicted octanol–water partition coefficient (Wildman–Crippen LogP) is 5.56. The maximum Gasteiger partial charge on any atom is 0.123 e. The van der Waals surface area contributed by atoms with Crippen molar-refractivity contribution >= 4 is 13.3 Å². The van der Waals surface area contributed by atoms with Crippen LogP contribution < -0.4 is 5.19 Å². The Morgan fingerprint density at radius 1 is 1.08 bits per heavy atom. The van der Waals surface area contributed by atoms with Gasteiger partial charge in [-0.1, -0.05) is 63.9 Å². The molecule has 1 nitrogen and oxygen atoms in total. The molecule has 1 saturated carbocycles. The Kier molecular flexibility index (Phi) is 5.19. The summed E-state index contributed by atoms with van der Waals surface area (Å²) in [6.07, 6.45) is 10.1. The van der Waals surface area contributed by atoms with Gasteiger partial charge in [0.05, 0.1) is 13.8 Å². The van der Waals surface area contributed by atoms with Gasteiger partial charge < -0.3 is 0 Å². The first-order valence-corrected chi connectivity index (χ1v) is 12.7. The van der Waals surface area contributed by atoms with Gasteiger partial charge in [0.15, 0.2) is 0 Å². The molecule has 1 heterocycles. The summed E-state index contributed by atoms with van der Waals surface area (Å²) in [7, 11) is -1.43. The molecule has 0 amide bonds. The van der Waals surface area contributed by atoms with Crippen molar-refractivity contribution in [1.29, 1.82) is 0 Å². The van der Waals surface area contributed by atoms with Crippen LogP contribution in [0.1, 0.15) is 37.7 Å². The Labute approximate surface area is 146 Å². The van der Waals surface area contributed by atoms with Crippen molar-refractivity contribution in [2.75, 3.05) is 0 Å². The molecule has 1 aromatic carbocycles. The molecule has 24 heavy (non-hydrogen) atoms. The van der Waals surface area contributed by atoms with Gasteiger partial charge in [0.2, 0.25) is 0 Å². The standard InChI is InChI=1S/C21H28FNSi/c1-24(2,3)21-15-23-20(17-10-7-11-19(22)13-17)14-18(21)12-16-8-5-4-6-9-16/h7,10-11,13-16H,4-6,8-9,12H2,1-3H3. The van der Waals surface area contributed by atoms with E-state index in [4.69, 9.17) is 0 Å². The second kappa shape index (κ2) is 7.18. The lowest BCUT2D eigenvalue weighted by atomic mass is 9.85. The summed E-state index contributed by atoms with van der Waals surface area (Å²) in [5.74, 6) is 0.606. The molecule has 1 aliphatic carbocycles. The molecule has 1 fully saturated rings. The minimum atomic E-state index is -1.43. The highest BCUT2D eigenvalue weighted by molar-refractivity contribution is 6.89. The molecule has 0 spiro atoms. The average Bonchev–Trinajstić information content (AvgIpc) is 2.55. The fourth-order valence-electron chi connectivity index (χ4n) is 3.85. The summed E-state index contributed by atoms with van der Waals surface area (Å²) in [5.41, 5.74) is 3.24. The molecule has 2 aromatic rings. The third kappa shape index (κ3) is 4.13. The average molecular weight is 342 g/mol. The van der Waals surface area contributed by atoms with Gasteiger partial charge in [0.25, 0.3) is 0 Å². The van der Waals surface area contributed by atoms with Crippen molar-refractivity contribution in [3.05, 3.63) is 47.9 Å². The van der Waals surface area contributed by atoms with Crippen molar-refractivity contribution < 1.29 is 4.39 Å². The predicted molar refractivity (Wildman–Crippen MR) is 103 cm³/mol. The number of nitrogens with zero attached hydrogens (tertiary/aromatic N) is 1. The van der Waals surface area contributed by atoms with Crippen LogP contribution in [0.25, 0.3) is 11.3 Å². The highest BCUT2D eigenvalue weighted by Gasteiger charge is 2.24. The Balaban J connectivity index is 1.97. The maximum absolute atomic E-state index is 13.6. The van der Waals surface area contributed by atoms with Gasteiger partial charge in [-0.3, -0.25) is 4.98 Å². The molecule has 128 valence electrons. The zero-order valence-corrected chi connectivity index (χ0v) is 16.1. The van der Waals surface area contributed by atoms with E-state index in [0.717, 1.165) is 23.6 Å². The fourth-order valence-corrected chi connectivity index (χ4v) is 5.44. The SMILES string of the molecule is C[Si](C)(C)c1cnc(-c2cccc(F)c2)cc1CC1CCCCC1. The maximum atomic E-state index is 13.6. The van der Waals surface area contributed by atoms with E-state index in [9.17, 15) is 4.39 Å². The summed E-state index contributed by atoms with van der Waals surface area (Å²) in [5, 5.41) is 1.47. The van der Waals surface area contributed by atoms with Gasteiger partial charge in [-0.2, -0.15) is 0 Å². The minimum Gasteiger partial charge on any atom is -0.256 e.